The summed E-state index contributed by atoms with van der Waals surface area (Å²) in [6.07, 6.45) is 0. The van der Waals surface area contributed by atoms with Gasteiger partial charge >= 0.3 is 0 Å². The van der Waals surface area contributed by atoms with Gasteiger partial charge in [-0.25, -0.2) is 0 Å². The molecule has 0 saturated heterocycles. The number of rotatable bonds is 7. The number of hydrogen-bond donors (Lipinski definition) is 2. The van der Waals surface area contributed by atoms with Crippen LogP contribution in [0, 0.1) is 0 Å². The number of hydrogen-bond acceptors (Lipinski definition) is 4. The smallest absolute Gasteiger partial charge is 0.0580 e. The molecule has 0 aliphatic rings. The molecule has 2 unspecified atom stereocenters. The van der Waals surface area contributed by atoms with Gasteiger partial charge in [0, 0.05) is 22.0 Å². The third kappa shape index (κ3) is 11.0. The lowest BCUT2D eigenvalue weighted by molar-refractivity contribution is 0.154. The van der Waals surface area contributed by atoms with Crippen molar-refractivity contribution in [3.8, 4) is 0 Å². The van der Waals surface area contributed by atoms with Crippen LogP contribution in [0.4, 0.5) is 0 Å². The van der Waals surface area contributed by atoms with E-state index >= 15 is 0 Å². The van der Waals surface area contributed by atoms with Crippen LogP contribution in [-0.2, 0) is 4.74 Å². The van der Waals surface area contributed by atoms with Crippen molar-refractivity contribution in [1.29, 1.82) is 0 Å². The van der Waals surface area contributed by atoms with Crippen LogP contribution in [0.25, 0.3) is 0 Å². The topological polar surface area (TPSA) is 9.23 Å². The van der Waals surface area contributed by atoms with E-state index in [0.717, 1.165) is 24.7 Å². The lowest BCUT2D eigenvalue weighted by atomic mass is 10.5. The molecule has 0 fully saturated rings. The fourth-order valence-corrected chi connectivity index (χ4v) is 1.79. The Labute approximate surface area is 90.8 Å². The third-order valence-corrected chi connectivity index (χ3v) is 2.86. The summed E-state index contributed by atoms with van der Waals surface area (Å²) in [4.78, 5) is 0. The number of ether oxygens (including phenoxy) is 1. The first-order chi connectivity index (χ1) is 5.63. The van der Waals surface area contributed by atoms with E-state index in [1.807, 2.05) is 18.7 Å². The highest BCUT2D eigenvalue weighted by molar-refractivity contribution is 8.00. The highest BCUT2D eigenvalue weighted by Gasteiger charge is 1.96. The highest BCUT2D eigenvalue weighted by atomic mass is 32.2. The second-order valence-corrected chi connectivity index (χ2v) is 5.76. The van der Waals surface area contributed by atoms with Crippen molar-refractivity contribution in [2.45, 2.75) is 24.3 Å². The lowest BCUT2D eigenvalue weighted by Gasteiger charge is -2.06. The Morgan fingerprint density at radius 3 is 2.42 bits per heavy atom. The Bertz CT molecular complexity index is 84.3. The number of thiol groups is 2. The zero-order chi connectivity index (χ0) is 9.40. The molecule has 0 aromatic rings. The second kappa shape index (κ2) is 8.60. The van der Waals surface area contributed by atoms with E-state index in [-0.39, 0.29) is 0 Å². The monoisotopic (exact) mass is 226 g/mol. The molecule has 0 bridgehead atoms. The van der Waals surface area contributed by atoms with Crippen LogP contribution in [0.3, 0.4) is 0 Å². The molecule has 1 nitrogen and oxygen atoms in total. The summed E-state index contributed by atoms with van der Waals surface area (Å²) in [6.45, 7) is 5.72. The SMILES string of the molecule is CC(S)COCCSCC(C)S. The summed E-state index contributed by atoms with van der Waals surface area (Å²) in [5.74, 6) is 2.16. The molecule has 0 amide bonds. The van der Waals surface area contributed by atoms with E-state index in [0.29, 0.717) is 10.5 Å². The van der Waals surface area contributed by atoms with E-state index in [9.17, 15) is 0 Å². The van der Waals surface area contributed by atoms with Gasteiger partial charge in [0.15, 0.2) is 0 Å². The molecule has 0 spiro atoms. The minimum Gasteiger partial charge on any atom is -0.379 e. The zero-order valence-corrected chi connectivity index (χ0v) is 10.3. The van der Waals surface area contributed by atoms with Crippen molar-refractivity contribution in [1.82, 2.24) is 0 Å². The second-order valence-electron chi connectivity index (χ2n) is 2.85. The molecule has 0 rings (SSSR count). The zero-order valence-electron chi connectivity index (χ0n) is 7.69. The van der Waals surface area contributed by atoms with Crippen LogP contribution < -0.4 is 0 Å². The molecule has 2 atom stereocenters. The van der Waals surface area contributed by atoms with Gasteiger partial charge in [-0.2, -0.15) is 37.0 Å². The third-order valence-electron chi connectivity index (χ3n) is 1.09. The lowest BCUT2D eigenvalue weighted by Crippen LogP contribution is -2.08. The largest absolute Gasteiger partial charge is 0.379 e. The van der Waals surface area contributed by atoms with Crippen LogP contribution in [-0.4, -0.2) is 35.2 Å². The molecule has 0 radical (unpaired) electrons. The van der Waals surface area contributed by atoms with Gasteiger partial charge in [-0.15, -0.1) is 0 Å². The Kier molecular flexibility index (Phi) is 9.33. The van der Waals surface area contributed by atoms with Crippen molar-refractivity contribution >= 4 is 37.0 Å². The van der Waals surface area contributed by atoms with Crippen LogP contribution in [0.2, 0.25) is 0 Å². The van der Waals surface area contributed by atoms with E-state index in [2.05, 4.69) is 32.2 Å². The van der Waals surface area contributed by atoms with Gasteiger partial charge in [0.05, 0.1) is 13.2 Å². The Morgan fingerprint density at radius 2 is 1.92 bits per heavy atom. The van der Waals surface area contributed by atoms with Gasteiger partial charge in [0.1, 0.15) is 0 Å². The molecule has 4 heteroatoms. The first kappa shape index (κ1) is 13.0. The van der Waals surface area contributed by atoms with Crippen LogP contribution >= 0.6 is 37.0 Å². The van der Waals surface area contributed by atoms with Gasteiger partial charge in [0.2, 0.25) is 0 Å². The average Bonchev–Trinajstić information content (AvgIpc) is 1.95. The average molecular weight is 226 g/mol. The molecule has 74 valence electrons. The van der Waals surface area contributed by atoms with Gasteiger partial charge in [-0.05, 0) is 0 Å². The van der Waals surface area contributed by atoms with E-state index in [1.54, 1.807) is 0 Å². The maximum absolute atomic E-state index is 5.35. The van der Waals surface area contributed by atoms with E-state index < -0.39 is 0 Å². The predicted molar refractivity (Wildman–Crippen MR) is 65.0 cm³/mol. The first-order valence-electron chi connectivity index (χ1n) is 4.14. The molecule has 0 aliphatic heterocycles. The standard InChI is InChI=1S/C8H18OS3/c1-7(10)5-9-3-4-12-6-8(2)11/h7-8,10-11H,3-6H2,1-2H3. The van der Waals surface area contributed by atoms with Gasteiger partial charge in [0.25, 0.3) is 0 Å². The maximum atomic E-state index is 5.35. The van der Waals surface area contributed by atoms with Crippen molar-refractivity contribution in [2.24, 2.45) is 0 Å². The molecule has 12 heavy (non-hydrogen) atoms. The van der Waals surface area contributed by atoms with Gasteiger partial charge in [-0.3, -0.25) is 0 Å². The van der Waals surface area contributed by atoms with Crippen LogP contribution in [0.15, 0.2) is 0 Å². The predicted octanol–water partition coefficient (Wildman–Crippen LogP) is 2.37. The summed E-state index contributed by atoms with van der Waals surface area (Å²) in [7, 11) is 0. The van der Waals surface area contributed by atoms with Crippen molar-refractivity contribution in [3.05, 3.63) is 0 Å². The highest BCUT2D eigenvalue weighted by Crippen LogP contribution is 2.06. The Hall–Kier alpha value is 1.01. The molecule has 0 aromatic carbocycles. The fraction of sp³-hybridized carbons (Fsp3) is 1.00. The molecular weight excluding hydrogens is 208 g/mol. The molecule has 0 saturated carbocycles. The van der Waals surface area contributed by atoms with Crippen LogP contribution in [0.5, 0.6) is 0 Å². The maximum Gasteiger partial charge on any atom is 0.0580 e. The normalized spacial score (nSPS) is 16.0. The van der Waals surface area contributed by atoms with Gasteiger partial charge < -0.3 is 4.74 Å². The molecule has 0 N–H and O–H groups in total. The Morgan fingerprint density at radius 1 is 1.25 bits per heavy atom. The molecular formula is C8H18OS3. The van der Waals surface area contributed by atoms with E-state index in [1.165, 1.54) is 0 Å². The first-order valence-corrected chi connectivity index (χ1v) is 6.33. The van der Waals surface area contributed by atoms with E-state index in [4.69, 9.17) is 4.74 Å². The molecule has 0 aliphatic carbocycles. The van der Waals surface area contributed by atoms with Crippen molar-refractivity contribution < 1.29 is 4.74 Å². The number of thioether (sulfide) groups is 1. The summed E-state index contributed by atoms with van der Waals surface area (Å²) in [5.41, 5.74) is 0. The minimum absolute atomic E-state index is 0.346. The van der Waals surface area contributed by atoms with Crippen molar-refractivity contribution in [2.75, 3.05) is 24.7 Å². The molecule has 0 heterocycles. The minimum atomic E-state index is 0.346. The Balaban J connectivity index is 2.91. The fourth-order valence-electron chi connectivity index (χ4n) is 0.626. The summed E-state index contributed by atoms with van der Waals surface area (Å²) in [5, 5.41) is 0.831. The van der Waals surface area contributed by atoms with Crippen molar-refractivity contribution in [3.63, 3.8) is 0 Å². The summed E-state index contributed by atoms with van der Waals surface area (Å²) < 4.78 is 5.35. The summed E-state index contributed by atoms with van der Waals surface area (Å²) >= 11 is 10.4. The van der Waals surface area contributed by atoms with Crippen LogP contribution in [0.1, 0.15) is 13.8 Å². The van der Waals surface area contributed by atoms with Gasteiger partial charge in [-0.1, -0.05) is 13.8 Å². The quantitative estimate of drug-likeness (QED) is 0.509. The molecule has 0 aromatic heterocycles. The summed E-state index contributed by atoms with van der Waals surface area (Å²) in [6, 6.07) is 0.